The molecule has 10 heteroatoms. The summed E-state index contributed by atoms with van der Waals surface area (Å²) in [5, 5.41) is 2.68. The average Bonchev–Trinajstić information content (AvgIpc) is 2.92. The van der Waals surface area contributed by atoms with E-state index in [4.69, 9.17) is 0 Å². The summed E-state index contributed by atoms with van der Waals surface area (Å²) in [6.07, 6.45) is 5.53. The van der Waals surface area contributed by atoms with E-state index in [9.17, 15) is 13.2 Å². The van der Waals surface area contributed by atoms with Gasteiger partial charge in [-0.3, -0.25) is 19.5 Å². The minimum Gasteiger partial charge on any atom is -0.352 e. The molecule has 0 aliphatic carbocycles. The SMILES string of the molecule is CCc1ncnc(-c2ccnc(C)c2)c1C#Cc1cnc(C)c(NS(=O)(=O)c2ccc(CNC(C)=O)cc2)c1. The molecule has 39 heavy (non-hydrogen) atoms. The van der Waals surface area contributed by atoms with Gasteiger partial charge in [0.25, 0.3) is 10.0 Å². The molecule has 2 N–H and O–H groups in total. The second kappa shape index (κ2) is 11.8. The highest BCUT2D eigenvalue weighted by Crippen LogP contribution is 2.24. The van der Waals surface area contributed by atoms with E-state index in [1.165, 1.54) is 25.4 Å². The van der Waals surface area contributed by atoms with Crippen LogP contribution in [-0.4, -0.2) is 34.3 Å². The molecule has 0 spiro atoms. The lowest BCUT2D eigenvalue weighted by atomic mass is 10.0. The first-order valence-corrected chi connectivity index (χ1v) is 13.8. The monoisotopic (exact) mass is 540 g/mol. The van der Waals surface area contributed by atoms with Gasteiger partial charge in [0.15, 0.2) is 0 Å². The molecule has 0 aliphatic heterocycles. The number of aryl methyl sites for hydroxylation is 3. The van der Waals surface area contributed by atoms with Crippen LogP contribution < -0.4 is 10.0 Å². The number of carbonyl (C=O) groups is 1. The molecule has 4 aromatic rings. The predicted molar refractivity (Wildman–Crippen MR) is 149 cm³/mol. The molecular formula is C29H28N6O3S. The molecule has 0 unspecified atom stereocenters. The summed E-state index contributed by atoms with van der Waals surface area (Å²) in [5.41, 5.74) is 6.14. The Labute approximate surface area is 228 Å². The van der Waals surface area contributed by atoms with Crippen LogP contribution in [0.5, 0.6) is 0 Å². The van der Waals surface area contributed by atoms with Gasteiger partial charge in [-0.1, -0.05) is 30.9 Å². The van der Waals surface area contributed by atoms with Crippen molar-refractivity contribution in [3.63, 3.8) is 0 Å². The quantitative estimate of drug-likeness (QED) is 0.340. The number of pyridine rings is 2. The molecule has 0 radical (unpaired) electrons. The number of rotatable bonds is 7. The lowest BCUT2D eigenvalue weighted by molar-refractivity contribution is -0.119. The zero-order chi connectivity index (χ0) is 28.0. The largest absolute Gasteiger partial charge is 0.352 e. The van der Waals surface area contributed by atoms with Crippen LogP contribution >= 0.6 is 0 Å². The van der Waals surface area contributed by atoms with Gasteiger partial charge in [-0.25, -0.2) is 18.4 Å². The fourth-order valence-electron chi connectivity index (χ4n) is 3.79. The highest BCUT2D eigenvalue weighted by atomic mass is 32.2. The average molecular weight is 541 g/mol. The summed E-state index contributed by atoms with van der Waals surface area (Å²) in [4.78, 5) is 28.7. The van der Waals surface area contributed by atoms with Crippen LogP contribution in [0.1, 0.15) is 47.6 Å². The molecular weight excluding hydrogens is 512 g/mol. The lowest BCUT2D eigenvalue weighted by Gasteiger charge is -2.11. The van der Waals surface area contributed by atoms with Gasteiger partial charge < -0.3 is 5.32 Å². The van der Waals surface area contributed by atoms with Crippen molar-refractivity contribution in [2.75, 3.05) is 4.72 Å². The summed E-state index contributed by atoms with van der Waals surface area (Å²) in [7, 11) is -3.88. The molecule has 0 saturated heterocycles. The number of hydrogen-bond donors (Lipinski definition) is 2. The van der Waals surface area contributed by atoms with E-state index in [0.717, 1.165) is 22.5 Å². The Balaban J connectivity index is 1.63. The molecule has 9 nitrogen and oxygen atoms in total. The number of hydrogen-bond acceptors (Lipinski definition) is 7. The van der Waals surface area contributed by atoms with Crippen LogP contribution in [0.2, 0.25) is 0 Å². The first-order chi connectivity index (χ1) is 18.7. The number of nitrogens with one attached hydrogen (secondary N) is 2. The molecule has 0 atom stereocenters. The molecule has 0 saturated carbocycles. The summed E-state index contributed by atoms with van der Waals surface area (Å²) in [5.74, 6) is 6.14. The highest BCUT2D eigenvalue weighted by Gasteiger charge is 2.16. The number of amides is 1. The third kappa shape index (κ3) is 6.83. The van der Waals surface area contributed by atoms with Crippen LogP contribution in [0.3, 0.4) is 0 Å². The van der Waals surface area contributed by atoms with Crippen molar-refractivity contribution in [2.45, 2.75) is 45.6 Å². The third-order valence-corrected chi connectivity index (χ3v) is 7.25. The fourth-order valence-corrected chi connectivity index (χ4v) is 4.90. The molecule has 3 aromatic heterocycles. The van der Waals surface area contributed by atoms with Crippen LogP contribution in [-0.2, 0) is 27.8 Å². The first kappa shape index (κ1) is 27.4. The van der Waals surface area contributed by atoms with Crippen molar-refractivity contribution in [3.05, 3.63) is 95.0 Å². The number of nitrogens with zero attached hydrogens (tertiary/aromatic N) is 4. The highest BCUT2D eigenvalue weighted by molar-refractivity contribution is 7.92. The maximum Gasteiger partial charge on any atom is 0.261 e. The lowest BCUT2D eigenvalue weighted by Crippen LogP contribution is -2.19. The van der Waals surface area contributed by atoms with Crippen molar-refractivity contribution in [1.82, 2.24) is 25.3 Å². The zero-order valence-electron chi connectivity index (χ0n) is 22.1. The molecule has 3 heterocycles. The van der Waals surface area contributed by atoms with Crippen LogP contribution in [0.15, 0.2) is 66.1 Å². The Kier molecular flexibility index (Phi) is 8.32. The van der Waals surface area contributed by atoms with Gasteiger partial charge in [-0.05, 0) is 56.2 Å². The van der Waals surface area contributed by atoms with E-state index in [0.29, 0.717) is 41.2 Å². The van der Waals surface area contributed by atoms with Gasteiger partial charge in [0.2, 0.25) is 5.91 Å². The van der Waals surface area contributed by atoms with Crippen molar-refractivity contribution in [3.8, 4) is 23.1 Å². The van der Waals surface area contributed by atoms with E-state index in [-0.39, 0.29) is 10.8 Å². The van der Waals surface area contributed by atoms with E-state index in [1.54, 1.807) is 37.5 Å². The molecule has 0 fully saturated rings. The first-order valence-electron chi connectivity index (χ1n) is 12.3. The van der Waals surface area contributed by atoms with E-state index >= 15 is 0 Å². The maximum absolute atomic E-state index is 13.1. The minimum absolute atomic E-state index is 0.0938. The molecule has 1 amide bonds. The van der Waals surface area contributed by atoms with Gasteiger partial charge in [0.05, 0.1) is 33.2 Å². The second-order valence-electron chi connectivity index (χ2n) is 8.85. The summed E-state index contributed by atoms with van der Waals surface area (Å²) < 4.78 is 28.8. The smallest absolute Gasteiger partial charge is 0.261 e. The molecule has 1 aromatic carbocycles. The molecule has 198 valence electrons. The van der Waals surface area contributed by atoms with Crippen molar-refractivity contribution in [1.29, 1.82) is 0 Å². The van der Waals surface area contributed by atoms with Gasteiger partial charge >= 0.3 is 0 Å². The number of aromatic nitrogens is 4. The summed E-state index contributed by atoms with van der Waals surface area (Å²) in [6.45, 7) is 7.38. The van der Waals surface area contributed by atoms with Gasteiger partial charge in [0, 0.05) is 42.7 Å². The topological polar surface area (TPSA) is 127 Å². The van der Waals surface area contributed by atoms with Crippen molar-refractivity contribution < 1.29 is 13.2 Å². The van der Waals surface area contributed by atoms with Crippen molar-refractivity contribution >= 4 is 21.6 Å². The second-order valence-corrected chi connectivity index (χ2v) is 10.5. The minimum atomic E-state index is -3.88. The third-order valence-electron chi connectivity index (χ3n) is 5.87. The Morgan fingerprint density at radius 3 is 2.44 bits per heavy atom. The van der Waals surface area contributed by atoms with Gasteiger partial charge in [-0.15, -0.1) is 0 Å². The van der Waals surface area contributed by atoms with E-state index < -0.39 is 10.0 Å². The van der Waals surface area contributed by atoms with Crippen LogP contribution in [0, 0.1) is 25.7 Å². The molecule has 0 bridgehead atoms. The fraction of sp³-hybridized carbons (Fsp3) is 0.207. The normalized spacial score (nSPS) is 10.9. The van der Waals surface area contributed by atoms with Crippen LogP contribution in [0.25, 0.3) is 11.3 Å². The Morgan fingerprint density at radius 1 is 0.974 bits per heavy atom. The Morgan fingerprint density at radius 2 is 1.74 bits per heavy atom. The zero-order valence-corrected chi connectivity index (χ0v) is 22.9. The van der Waals surface area contributed by atoms with Gasteiger partial charge in [-0.2, -0.15) is 0 Å². The number of benzene rings is 1. The summed E-state index contributed by atoms with van der Waals surface area (Å²) >= 11 is 0. The Bertz CT molecular complexity index is 1690. The molecule has 4 rings (SSSR count). The maximum atomic E-state index is 13.1. The van der Waals surface area contributed by atoms with E-state index in [2.05, 4.69) is 41.8 Å². The molecule has 0 aliphatic rings. The number of sulfonamides is 1. The van der Waals surface area contributed by atoms with E-state index in [1.807, 2.05) is 26.0 Å². The standard InChI is InChI=1S/C29H28N6O3S/c1-5-27-26(29(34-18-33-27)24-12-13-30-19(2)14-24)11-8-23-15-28(20(3)31-17-23)35-39(37,38)25-9-6-22(7-10-25)16-32-21(4)36/h6-7,9-10,12-15,17-18,35H,5,16H2,1-4H3,(H,32,36). The Hall–Kier alpha value is -4.62. The van der Waals surface area contributed by atoms with Crippen molar-refractivity contribution in [2.24, 2.45) is 0 Å². The number of carbonyl (C=O) groups excluding carboxylic acids is 1. The van der Waals surface area contributed by atoms with Gasteiger partial charge in [0.1, 0.15) is 6.33 Å². The predicted octanol–water partition coefficient (Wildman–Crippen LogP) is 3.95. The summed E-state index contributed by atoms with van der Waals surface area (Å²) in [6, 6.07) is 11.8. The van der Waals surface area contributed by atoms with Crippen LogP contribution in [0.4, 0.5) is 5.69 Å². The number of anilines is 1.